The molecule has 1 aromatic rings. The fraction of sp³-hybridized carbons (Fsp3) is 0.143. The van der Waals surface area contributed by atoms with E-state index in [0.29, 0.717) is 8.04 Å². The van der Waals surface area contributed by atoms with Crippen LogP contribution in [0, 0.1) is 3.57 Å². The normalized spacial score (nSPS) is 11.8. The van der Waals surface area contributed by atoms with E-state index >= 15 is 0 Å². The number of hydrogen-bond donors (Lipinski definition) is 0. The number of alkyl halides is 3. The molecule has 0 radical (unpaired) electrons. The maximum atomic E-state index is 12.2. The molecule has 0 saturated carbocycles. The lowest BCUT2D eigenvalue weighted by Gasteiger charge is -2.08. The molecule has 0 heterocycles. The Morgan fingerprint density at radius 2 is 1.85 bits per heavy atom. The van der Waals surface area contributed by atoms with Gasteiger partial charge in [0.25, 0.3) is 0 Å². The van der Waals surface area contributed by atoms with Crippen molar-refractivity contribution in [3.8, 4) is 0 Å². The molecule has 0 saturated heterocycles. The van der Waals surface area contributed by atoms with Gasteiger partial charge in [0.2, 0.25) is 0 Å². The van der Waals surface area contributed by atoms with Gasteiger partial charge < -0.3 is 0 Å². The van der Waals surface area contributed by atoms with Gasteiger partial charge in [-0.15, -0.1) is 0 Å². The van der Waals surface area contributed by atoms with Crippen molar-refractivity contribution in [1.29, 1.82) is 0 Å². The Hall–Kier alpha value is 0.510. The zero-order chi connectivity index (χ0) is 10.2. The molecule has 0 aliphatic carbocycles. The molecule has 0 aromatic heterocycles. The Kier molecular flexibility index (Phi) is 3.51. The van der Waals surface area contributed by atoms with Gasteiger partial charge in [-0.05, 0) is 50.7 Å². The lowest BCUT2D eigenvalue weighted by atomic mass is 10.2. The Morgan fingerprint density at radius 3 is 2.23 bits per heavy atom. The molecule has 6 heteroatoms. The summed E-state index contributed by atoms with van der Waals surface area (Å²) in [5.74, 6) is 0. The maximum absolute atomic E-state index is 12.2. The van der Waals surface area contributed by atoms with E-state index < -0.39 is 11.7 Å². The number of benzene rings is 1. The maximum Gasteiger partial charge on any atom is 0.416 e. The van der Waals surface area contributed by atoms with Crippen molar-refractivity contribution in [3.63, 3.8) is 0 Å². The first-order valence-electron chi connectivity index (χ1n) is 3.04. The Morgan fingerprint density at radius 1 is 1.31 bits per heavy atom. The van der Waals surface area contributed by atoms with Gasteiger partial charge in [0.15, 0.2) is 0 Å². The van der Waals surface area contributed by atoms with Gasteiger partial charge in [-0.2, -0.15) is 13.2 Å². The first-order valence-corrected chi connectivity index (χ1v) is 5.29. The van der Waals surface area contributed by atoms with Crippen LogP contribution >= 0.6 is 50.1 Å². The van der Waals surface area contributed by atoms with E-state index in [-0.39, 0.29) is 5.02 Å². The first kappa shape index (κ1) is 11.6. The van der Waals surface area contributed by atoms with Crippen molar-refractivity contribution in [1.82, 2.24) is 0 Å². The van der Waals surface area contributed by atoms with Crippen LogP contribution in [-0.4, -0.2) is 0 Å². The van der Waals surface area contributed by atoms with Crippen LogP contribution in [-0.2, 0) is 6.18 Å². The number of hydrogen-bond acceptors (Lipinski definition) is 0. The van der Waals surface area contributed by atoms with Crippen molar-refractivity contribution in [3.05, 3.63) is 30.8 Å². The van der Waals surface area contributed by atoms with Gasteiger partial charge in [-0.25, -0.2) is 0 Å². The van der Waals surface area contributed by atoms with Crippen molar-refractivity contribution in [2.75, 3.05) is 0 Å². The molecule has 0 aliphatic heterocycles. The van der Waals surface area contributed by atoms with Crippen molar-refractivity contribution >= 4 is 50.1 Å². The quantitative estimate of drug-likeness (QED) is 0.448. The van der Waals surface area contributed by atoms with E-state index in [1.165, 1.54) is 0 Å². The highest BCUT2D eigenvalue weighted by molar-refractivity contribution is 14.1. The van der Waals surface area contributed by atoms with E-state index in [1.54, 1.807) is 22.6 Å². The van der Waals surface area contributed by atoms with E-state index in [9.17, 15) is 13.2 Å². The molecule has 0 atom stereocenters. The van der Waals surface area contributed by atoms with Crippen LogP contribution in [0.15, 0.2) is 16.6 Å². The molecule has 0 N–H and O–H groups in total. The molecule has 0 spiro atoms. The van der Waals surface area contributed by atoms with Crippen LogP contribution in [0.2, 0.25) is 5.02 Å². The van der Waals surface area contributed by atoms with Gasteiger partial charge in [0, 0.05) is 8.04 Å². The van der Waals surface area contributed by atoms with Crippen molar-refractivity contribution in [2.45, 2.75) is 6.18 Å². The summed E-state index contributed by atoms with van der Waals surface area (Å²) in [6, 6.07) is 1.93. The van der Waals surface area contributed by atoms with Crippen LogP contribution in [0.5, 0.6) is 0 Å². The number of rotatable bonds is 0. The zero-order valence-electron chi connectivity index (χ0n) is 5.92. The smallest absolute Gasteiger partial charge is 0.166 e. The molecule has 0 nitrogen and oxygen atoms in total. The molecule has 72 valence electrons. The second-order valence-electron chi connectivity index (χ2n) is 2.25. The number of halogens is 6. The molecule has 1 rings (SSSR count). The van der Waals surface area contributed by atoms with E-state index in [4.69, 9.17) is 11.6 Å². The molecule has 1 aromatic carbocycles. The molecule has 0 aliphatic rings. The second-order valence-corrected chi connectivity index (χ2v) is 4.61. The summed E-state index contributed by atoms with van der Waals surface area (Å²) in [6.45, 7) is 0. The predicted octanol–water partition coefficient (Wildman–Crippen LogP) is 4.73. The predicted molar refractivity (Wildman–Crippen MR) is 56.9 cm³/mol. The summed E-state index contributed by atoms with van der Waals surface area (Å²) in [7, 11) is 0. The molecule has 0 bridgehead atoms. The lowest BCUT2D eigenvalue weighted by molar-refractivity contribution is -0.137. The monoisotopic (exact) mass is 384 g/mol. The van der Waals surface area contributed by atoms with Crippen molar-refractivity contribution in [2.24, 2.45) is 0 Å². The van der Waals surface area contributed by atoms with E-state index in [1.807, 2.05) is 0 Å². The molecular weight excluding hydrogens is 383 g/mol. The molecule has 0 amide bonds. The van der Waals surface area contributed by atoms with Crippen LogP contribution in [0.3, 0.4) is 0 Å². The van der Waals surface area contributed by atoms with Gasteiger partial charge in [0.05, 0.1) is 10.6 Å². The summed E-state index contributed by atoms with van der Waals surface area (Å²) in [4.78, 5) is 0. The Labute approximate surface area is 99.7 Å². The molecule has 0 unspecified atom stereocenters. The second kappa shape index (κ2) is 3.94. The summed E-state index contributed by atoms with van der Waals surface area (Å²) >= 11 is 10.4. The largest absolute Gasteiger partial charge is 0.416 e. The Bertz CT molecular complexity index is 314. The minimum absolute atomic E-state index is 0.0687. The average Bonchev–Trinajstić information content (AvgIpc) is 1.97. The average molecular weight is 385 g/mol. The summed E-state index contributed by atoms with van der Waals surface area (Å²) in [5.41, 5.74) is -0.731. The minimum Gasteiger partial charge on any atom is -0.166 e. The zero-order valence-corrected chi connectivity index (χ0v) is 10.4. The van der Waals surface area contributed by atoms with Gasteiger partial charge >= 0.3 is 6.18 Å². The standard InChI is InChI=1S/C7H2BrClF3I/c8-6-4(9)1-3(2-5(6)13)7(10,11)12/h1-2H. The minimum atomic E-state index is -4.34. The fourth-order valence-electron chi connectivity index (χ4n) is 0.719. The Balaban J connectivity index is 3.29. The fourth-order valence-corrected chi connectivity index (χ4v) is 1.95. The van der Waals surface area contributed by atoms with E-state index in [0.717, 1.165) is 12.1 Å². The topological polar surface area (TPSA) is 0 Å². The van der Waals surface area contributed by atoms with Crippen LogP contribution < -0.4 is 0 Å². The van der Waals surface area contributed by atoms with Crippen molar-refractivity contribution < 1.29 is 13.2 Å². The van der Waals surface area contributed by atoms with Gasteiger partial charge in [-0.1, -0.05) is 11.6 Å². The lowest BCUT2D eigenvalue weighted by Crippen LogP contribution is -2.05. The van der Waals surface area contributed by atoms with E-state index in [2.05, 4.69) is 15.9 Å². The highest BCUT2D eigenvalue weighted by Crippen LogP contribution is 2.36. The summed E-state index contributed by atoms with van der Waals surface area (Å²) < 4.78 is 37.5. The van der Waals surface area contributed by atoms with Gasteiger partial charge in [-0.3, -0.25) is 0 Å². The summed E-state index contributed by atoms with van der Waals surface area (Å²) in [5, 5.41) is 0.0687. The summed E-state index contributed by atoms with van der Waals surface area (Å²) in [6.07, 6.45) is -4.34. The van der Waals surface area contributed by atoms with Crippen LogP contribution in [0.1, 0.15) is 5.56 Å². The van der Waals surface area contributed by atoms with Crippen LogP contribution in [0.4, 0.5) is 13.2 Å². The van der Waals surface area contributed by atoms with Gasteiger partial charge in [0.1, 0.15) is 0 Å². The highest BCUT2D eigenvalue weighted by atomic mass is 127. The third kappa shape index (κ3) is 2.73. The molecule has 0 fully saturated rings. The molecular formula is C7H2BrClF3I. The third-order valence-electron chi connectivity index (χ3n) is 1.31. The first-order chi connectivity index (χ1) is 5.82. The highest BCUT2D eigenvalue weighted by Gasteiger charge is 2.31. The third-order valence-corrected chi connectivity index (χ3v) is 4.28. The molecule has 13 heavy (non-hydrogen) atoms. The van der Waals surface area contributed by atoms with Crippen LogP contribution in [0.25, 0.3) is 0 Å². The SMILES string of the molecule is FC(F)(F)c1cc(Cl)c(Br)c(I)c1.